The molecule has 0 heterocycles. The minimum absolute atomic E-state index is 0.106. The standard InChI is InChI=1S/C14H20N2OS/c15-13(11-6-7-11)10-16-14(17)8-9-18-12-4-2-1-3-5-12/h1-5,11,13H,6-10,15H2,(H,16,17). The molecule has 0 aliphatic heterocycles. The van der Waals surface area contributed by atoms with Gasteiger partial charge < -0.3 is 11.1 Å². The van der Waals surface area contributed by atoms with Gasteiger partial charge in [0.05, 0.1) is 0 Å². The third-order valence-corrected chi connectivity index (χ3v) is 4.12. The van der Waals surface area contributed by atoms with Gasteiger partial charge in [0.25, 0.3) is 0 Å². The number of carbonyl (C=O) groups is 1. The van der Waals surface area contributed by atoms with E-state index in [0.717, 1.165) is 5.75 Å². The van der Waals surface area contributed by atoms with Crippen molar-refractivity contribution in [3.63, 3.8) is 0 Å². The Morgan fingerprint density at radius 1 is 1.39 bits per heavy atom. The number of rotatable bonds is 7. The van der Waals surface area contributed by atoms with Crippen molar-refractivity contribution in [1.82, 2.24) is 5.32 Å². The molecular formula is C14H20N2OS. The van der Waals surface area contributed by atoms with Gasteiger partial charge in [0.15, 0.2) is 0 Å². The summed E-state index contributed by atoms with van der Waals surface area (Å²) in [4.78, 5) is 12.8. The van der Waals surface area contributed by atoms with E-state index in [9.17, 15) is 4.79 Å². The van der Waals surface area contributed by atoms with Gasteiger partial charge >= 0.3 is 0 Å². The molecule has 1 atom stereocenters. The number of nitrogens with two attached hydrogens (primary N) is 1. The van der Waals surface area contributed by atoms with Crippen LogP contribution in [0.5, 0.6) is 0 Å². The fraction of sp³-hybridized carbons (Fsp3) is 0.500. The minimum Gasteiger partial charge on any atom is -0.355 e. The van der Waals surface area contributed by atoms with Crippen LogP contribution >= 0.6 is 11.8 Å². The molecule has 1 aromatic carbocycles. The molecule has 4 heteroatoms. The Morgan fingerprint density at radius 2 is 2.11 bits per heavy atom. The van der Waals surface area contributed by atoms with Crippen molar-refractivity contribution in [2.24, 2.45) is 11.7 Å². The van der Waals surface area contributed by atoms with E-state index in [1.165, 1.54) is 17.7 Å². The van der Waals surface area contributed by atoms with Gasteiger partial charge in [0.2, 0.25) is 5.91 Å². The Labute approximate surface area is 113 Å². The van der Waals surface area contributed by atoms with Crippen LogP contribution in [0, 0.1) is 5.92 Å². The normalized spacial score (nSPS) is 16.3. The molecule has 0 radical (unpaired) electrons. The molecule has 0 saturated heterocycles. The average molecular weight is 264 g/mol. The zero-order valence-corrected chi connectivity index (χ0v) is 11.3. The van der Waals surface area contributed by atoms with Crippen LogP contribution in [0.15, 0.2) is 35.2 Å². The summed E-state index contributed by atoms with van der Waals surface area (Å²) < 4.78 is 0. The predicted molar refractivity (Wildman–Crippen MR) is 75.5 cm³/mol. The van der Waals surface area contributed by atoms with Gasteiger partial charge in [0, 0.05) is 29.7 Å². The Kier molecular flexibility index (Phi) is 5.08. The molecule has 0 aromatic heterocycles. The number of amides is 1. The van der Waals surface area contributed by atoms with Crippen molar-refractivity contribution in [2.45, 2.75) is 30.2 Å². The summed E-state index contributed by atoms with van der Waals surface area (Å²) in [5.74, 6) is 1.56. The van der Waals surface area contributed by atoms with Gasteiger partial charge in [-0.25, -0.2) is 0 Å². The molecule has 98 valence electrons. The summed E-state index contributed by atoms with van der Waals surface area (Å²) in [6.45, 7) is 0.625. The Morgan fingerprint density at radius 3 is 2.78 bits per heavy atom. The van der Waals surface area contributed by atoms with Crippen LogP contribution in [0.3, 0.4) is 0 Å². The molecule has 3 nitrogen and oxygen atoms in total. The number of benzene rings is 1. The maximum Gasteiger partial charge on any atom is 0.220 e. The number of hydrogen-bond acceptors (Lipinski definition) is 3. The molecular weight excluding hydrogens is 244 g/mol. The van der Waals surface area contributed by atoms with Crippen molar-refractivity contribution >= 4 is 17.7 Å². The van der Waals surface area contributed by atoms with Gasteiger partial charge in [-0.15, -0.1) is 11.8 Å². The number of hydrogen-bond donors (Lipinski definition) is 2. The van der Waals surface area contributed by atoms with Crippen molar-refractivity contribution in [2.75, 3.05) is 12.3 Å². The lowest BCUT2D eigenvalue weighted by atomic mass is 10.2. The molecule has 1 fully saturated rings. The van der Waals surface area contributed by atoms with E-state index < -0.39 is 0 Å². The highest BCUT2D eigenvalue weighted by Gasteiger charge is 2.28. The van der Waals surface area contributed by atoms with Gasteiger partial charge in [-0.05, 0) is 30.9 Å². The topological polar surface area (TPSA) is 55.1 Å². The van der Waals surface area contributed by atoms with Crippen LogP contribution in [0.25, 0.3) is 0 Å². The third-order valence-electron chi connectivity index (χ3n) is 3.10. The van der Waals surface area contributed by atoms with Crippen LogP contribution in [0.4, 0.5) is 0 Å². The van der Waals surface area contributed by atoms with Crippen LogP contribution in [0.2, 0.25) is 0 Å². The summed E-state index contributed by atoms with van der Waals surface area (Å²) >= 11 is 1.71. The number of thioether (sulfide) groups is 1. The Bertz CT molecular complexity index is 379. The molecule has 0 spiro atoms. The molecule has 1 aliphatic rings. The maximum atomic E-state index is 11.6. The molecule has 1 saturated carbocycles. The molecule has 1 amide bonds. The van der Waals surface area contributed by atoms with Gasteiger partial charge in [-0.3, -0.25) is 4.79 Å². The Hall–Kier alpha value is -1.00. The number of nitrogens with one attached hydrogen (secondary N) is 1. The second kappa shape index (κ2) is 6.81. The molecule has 0 bridgehead atoms. The van der Waals surface area contributed by atoms with Crippen molar-refractivity contribution in [3.8, 4) is 0 Å². The lowest BCUT2D eigenvalue weighted by Crippen LogP contribution is -2.38. The molecule has 1 aliphatic carbocycles. The van der Waals surface area contributed by atoms with E-state index >= 15 is 0 Å². The highest BCUT2D eigenvalue weighted by atomic mass is 32.2. The molecule has 2 rings (SSSR count). The van der Waals surface area contributed by atoms with E-state index in [2.05, 4.69) is 17.4 Å². The average Bonchev–Trinajstić information content (AvgIpc) is 3.21. The first-order valence-corrected chi connectivity index (χ1v) is 7.44. The van der Waals surface area contributed by atoms with Crippen LogP contribution in [0.1, 0.15) is 19.3 Å². The highest BCUT2D eigenvalue weighted by molar-refractivity contribution is 7.99. The summed E-state index contributed by atoms with van der Waals surface area (Å²) in [6.07, 6.45) is 3.00. The van der Waals surface area contributed by atoms with E-state index in [-0.39, 0.29) is 11.9 Å². The quantitative estimate of drug-likeness (QED) is 0.741. The lowest BCUT2D eigenvalue weighted by Gasteiger charge is -2.11. The lowest BCUT2D eigenvalue weighted by molar-refractivity contribution is -0.120. The van der Waals surface area contributed by atoms with E-state index in [1.807, 2.05) is 18.2 Å². The first-order valence-electron chi connectivity index (χ1n) is 6.46. The van der Waals surface area contributed by atoms with Crippen molar-refractivity contribution in [3.05, 3.63) is 30.3 Å². The van der Waals surface area contributed by atoms with Crippen molar-refractivity contribution < 1.29 is 4.79 Å². The van der Waals surface area contributed by atoms with E-state index in [0.29, 0.717) is 18.9 Å². The predicted octanol–water partition coefficient (Wildman–Crippen LogP) is 2.02. The Balaban J connectivity index is 1.57. The zero-order valence-electron chi connectivity index (χ0n) is 10.5. The minimum atomic E-state index is 0.106. The van der Waals surface area contributed by atoms with Crippen molar-refractivity contribution in [1.29, 1.82) is 0 Å². The molecule has 3 N–H and O–H groups in total. The smallest absolute Gasteiger partial charge is 0.220 e. The van der Waals surface area contributed by atoms with Crippen LogP contribution in [-0.2, 0) is 4.79 Å². The number of carbonyl (C=O) groups excluding carboxylic acids is 1. The monoisotopic (exact) mass is 264 g/mol. The summed E-state index contributed by atoms with van der Waals surface area (Å²) in [5, 5.41) is 2.91. The SMILES string of the molecule is NC(CNC(=O)CCSc1ccccc1)C1CC1. The second-order valence-electron chi connectivity index (χ2n) is 4.72. The van der Waals surface area contributed by atoms with Crippen LogP contribution < -0.4 is 11.1 Å². The zero-order chi connectivity index (χ0) is 12.8. The second-order valence-corrected chi connectivity index (χ2v) is 5.89. The summed E-state index contributed by atoms with van der Waals surface area (Å²) in [5.41, 5.74) is 5.93. The fourth-order valence-corrected chi connectivity index (χ4v) is 2.66. The van der Waals surface area contributed by atoms with E-state index in [4.69, 9.17) is 5.73 Å². The van der Waals surface area contributed by atoms with Gasteiger partial charge in [-0.2, -0.15) is 0 Å². The van der Waals surface area contributed by atoms with Gasteiger partial charge in [0.1, 0.15) is 0 Å². The maximum absolute atomic E-state index is 11.6. The first kappa shape index (κ1) is 13.4. The molecule has 18 heavy (non-hydrogen) atoms. The molecule has 1 unspecified atom stereocenters. The van der Waals surface area contributed by atoms with Crippen LogP contribution in [-0.4, -0.2) is 24.2 Å². The first-order chi connectivity index (χ1) is 8.75. The fourth-order valence-electron chi connectivity index (χ4n) is 1.79. The third kappa shape index (κ3) is 4.70. The van der Waals surface area contributed by atoms with E-state index in [1.54, 1.807) is 11.8 Å². The largest absolute Gasteiger partial charge is 0.355 e. The molecule has 1 aromatic rings. The summed E-state index contributed by atoms with van der Waals surface area (Å²) in [7, 11) is 0. The highest BCUT2D eigenvalue weighted by Crippen LogP contribution is 2.31. The summed E-state index contributed by atoms with van der Waals surface area (Å²) in [6, 6.07) is 10.3. The van der Waals surface area contributed by atoms with Gasteiger partial charge in [-0.1, -0.05) is 18.2 Å².